The van der Waals surface area contributed by atoms with E-state index in [4.69, 9.17) is 9.72 Å². The number of nitrogens with zero attached hydrogens (tertiary/aromatic N) is 4. The molecule has 1 unspecified atom stereocenters. The van der Waals surface area contributed by atoms with Gasteiger partial charge in [-0.3, -0.25) is 4.90 Å². The Morgan fingerprint density at radius 2 is 2.15 bits per heavy atom. The Morgan fingerprint density at radius 1 is 1.31 bits per heavy atom. The fourth-order valence-electron chi connectivity index (χ4n) is 3.64. The topological polar surface area (TPSA) is 92.0 Å². The Balaban J connectivity index is 2.01. The van der Waals surface area contributed by atoms with Crippen LogP contribution in [0.4, 0.5) is 4.79 Å². The molecule has 2 aromatic heterocycles. The molecule has 1 atom stereocenters. The van der Waals surface area contributed by atoms with Crippen LogP contribution in [0.1, 0.15) is 11.3 Å². The SMILES string of the molecule is COc1ccccc1C1(c2ccn3nccc3n2)CNCCN1C(=O)O. The van der Waals surface area contributed by atoms with Crippen molar-refractivity contribution in [1.82, 2.24) is 24.8 Å². The number of fused-ring (bicyclic) bond motifs is 1. The molecule has 0 aliphatic carbocycles. The Bertz CT molecular complexity index is 957. The van der Waals surface area contributed by atoms with Gasteiger partial charge < -0.3 is 15.2 Å². The molecule has 26 heavy (non-hydrogen) atoms. The minimum absolute atomic E-state index is 0.347. The molecular formula is C18H19N5O3. The maximum atomic E-state index is 12.1. The third-order valence-corrected chi connectivity index (χ3v) is 4.82. The van der Waals surface area contributed by atoms with Crippen molar-refractivity contribution < 1.29 is 14.6 Å². The van der Waals surface area contributed by atoms with E-state index in [1.54, 1.807) is 30.1 Å². The summed E-state index contributed by atoms with van der Waals surface area (Å²) in [6.45, 7) is 1.33. The highest BCUT2D eigenvalue weighted by Gasteiger charge is 2.48. The first-order chi connectivity index (χ1) is 12.7. The summed E-state index contributed by atoms with van der Waals surface area (Å²) < 4.78 is 7.21. The minimum Gasteiger partial charge on any atom is -0.496 e. The van der Waals surface area contributed by atoms with E-state index in [1.165, 1.54) is 4.90 Å². The second-order valence-corrected chi connectivity index (χ2v) is 6.12. The van der Waals surface area contributed by atoms with Crippen LogP contribution in [-0.2, 0) is 5.54 Å². The van der Waals surface area contributed by atoms with Gasteiger partial charge in [-0.2, -0.15) is 5.10 Å². The molecule has 8 heteroatoms. The number of piperazine rings is 1. The summed E-state index contributed by atoms with van der Waals surface area (Å²) in [5, 5.41) is 17.4. The summed E-state index contributed by atoms with van der Waals surface area (Å²) in [5.74, 6) is 0.623. The second kappa shape index (κ2) is 6.30. The van der Waals surface area contributed by atoms with Gasteiger partial charge in [0.25, 0.3) is 0 Å². The average Bonchev–Trinajstić information content (AvgIpc) is 3.15. The maximum absolute atomic E-state index is 12.1. The van der Waals surface area contributed by atoms with Crippen molar-refractivity contribution in [2.24, 2.45) is 0 Å². The number of benzene rings is 1. The molecule has 1 fully saturated rings. The first kappa shape index (κ1) is 16.3. The lowest BCUT2D eigenvalue weighted by Crippen LogP contribution is -2.61. The highest BCUT2D eigenvalue weighted by molar-refractivity contribution is 5.69. The molecule has 0 saturated carbocycles. The van der Waals surface area contributed by atoms with Gasteiger partial charge in [-0.1, -0.05) is 18.2 Å². The van der Waals surface area contributed by atoms with Gasteiger partial charge in [0.2, 0.25) is 0 Å². The normalized spacial score (nSPS) is 20.3. The van der Waals surface area contributed by atoms with Crippen LogP contribution in [0.25, 0.3) is 5.65 Å². The van der Waals surface area contributed by atoms with Gasteiger partial charge in [0.05, 0.1) is 19.0 Å². The number of carbonyl (C=O) groups is 1. The van der Waals surface area contributed by atoms with Crippen LogP contribution in [-0.4, -0.2) is 57.4 Å². The third-order valence-electron chi connectivity index (χ3n) is 4.82. The number of nitrogens with one attached hydrogen (secondary N) is 1. The molecule has 0 spiro atoms. The Kier molecular flexibility index (Phi) is 3.96. The van der Waals surface area contributed by atoms with Crippen molar-refractivity contribution >= 4 is 11.7 Å². The van der Waals surface area contributed by atoms with Crippen molar-refractivity contribution in [3.63, 3.8) is 0 Å². The molecule has 0 bridgehead atoms. The first-order valence-corrected chi connectivity index (χ1v) is 8.32. The molecule has 8 nitrogen and oxygen atoms in total. The third kappa shape index (κ3) is 2.38. The van der Waals surface area contributed by atoms with Gasteiger partial charge in [-0.15, -0.1) is 0 Å². The van der Waals surface area contributed by atoms with Crippen LogP contribution in [0.3, 0.4) is 0 Å². The van der Waals surface area contributed by atoms with E-state index < -0.39 is 11.6 Å². The largest absolute Gasteiger partial charge is 0.496 e. The molecule has 2 N–H and O–H groups in total. The van der Waals surface area contributed by atoms with Gasteiger partial charge in [-0.25, -0.2) is 14.3 Å². The van der Waals surface area contributed by atoms with E-state index in [0.717, 1.165) is 5.56 Å². The van der Waals surface area contributed by atoms with Crippen molar-refractivity contribution in [2.75, 3.05) is 26.7 Å². The monoisotopic (exact) mass is 353 g/mol. The molecule has 1 aliphatic heterocycles. The highest BCUT2D eigenvalue weighted by Crippen LogP contribution is 2.40. The van der Waals surface area contributed by atoms with Crippen LogP contribution in [0.15, 0.2) is 48.8 Å². The zero-order valence-corrected chi connectivity index (χ0v) is 14.3. The number of methoxy groups -OCH3 is 1. The van der Waals surface area contributed by atoms with E-state index in [1.807, 2.05) is 30.3 Å². The number of hydrogen-bond acceptors (Lipinski definition) is 5. The van der Waals surface area contributed by atoms with Gasteiger partial charge in [0.1, 0.15) is 11.3 Å². The smallest absolute Gasteiger partial charge is 0.408 e. The van der Waals surface area contributed by atoms with Crippen LogP contribution in [0.5, 0.6) is 5.75 Å². The fourth-order valence-corrected chi connectivity index (χ4v) is 3.64. The summed E-state index contributed by atoms with van der Waals surface area (Å²) in [6.07, 6.45) is 2.46. The lowest BCUT2D eigenvalue weighted by Gasteiger charge is -2.46. The van der Waals surface area contributed by atoms with Crippen LogP contribution in [0, 0.1) is 0 Å². The Hall–Kier alpha value is -3.13. The maximum Gasteiger partial charge on any atom is 0.408 e. The standard InChI is InChI=1S/C18H19N5O3/c1-26-14-5-3-2-4-13(14)18(12-19-9-11-22(18)17(24)25)15-7-10-23-16(21-15)6-8-20-23/h2-8,10,19H,9,11-12H2,1H3,(H,24,25). The Morgan fingerprint density at radius 3 is 2.96 bits per heavy atom. The lowest BCUT2D eigenvalue weighted by atomic mass is 9.82. The number of ether oxygens (including phenoxy) is 1. The summed E-state index contributed by atoms with van der Waals surface area (Å²) in [4.78, 5) is 18.3. The minimum atomic E-state index is -0.997. The predicted molar refractivity (Wildman–Crippen MR) is 94.4 cm³/mol. The molecule has 134 valence electrons. The number of hydrogen-bond donors (Lipinski definition) is 2. The van der Waals surface area contributed by atoms with E-state index in [-0.39, 0.29) is 0 Å². The van der Waals surface area contributed by atoms with Gasteiger partial charge >= 0.3 is 6.09 Å². The Labute approximate surface area is 150 Å². The van der Waals surface area contributed by atoms with E-state index in [0.29, 0.717) is 36.7 Å². The first-order valence-electron chi connectivity index (χ1n) is 8.32. The van der Waals surface area contributed by atoms with Crippen molar-refractivity contribution in [3.05, 3.63) is 60.0 Å². The second-order valence-electron chi connectivity index (χ2n) is 6.12. The number of aromatic nitrogens is 3. The fraction of sp³-hybridized carbons (Fsp3) is 0.278. The van der Waals surface area contributed by atoms with Crippen molar-refractivity contribution in [3.8, 4) is 5.75 Å². The molecular weight excluding hydrogens is 334 g/mol. The number of amides is 1. The van der Waals surface area contributed by atoms with E-state index in [2.05, 4.69) is 10.4 Å². The highest BCUT2D eigenvalue weighted by atomic mass is 16.5. The lowest BCUT2D eigenvalue weighted by molar-refractivity contribution is 0.0730. The van der Waals surface area contributed by atoms with Gasteiger partial charge in [0.15, 0.2) is 5.65 Å². The summed E-state index contributed by atoms with van der Waals surface area (Å²) >= 11 is 0. The molecule has 0 radical (unpaired) electrons. The van der Waals surface area contributed by atoms with Gasteiger partial charge in [0, 0.05) is 37.5 Å². The number of para-hydroxylation sites is 1. The molecule has 3 aromatic rings. The van der Waals surface area contributed by atoms with Gasteiger partial charge in [-0.05, 0) is 12.1 Å². The van der Waals surface area contributed by atoms with Crippen molar-refractivity contribution in [2.45, 2.75) is 5.54 Å². The van der Waals surface area contributed by atoms with Crippen LogP contribution >= 0.6 is 0 Å². The zero-order chi connectivity index (χ0) is 18.1. The predicted octanol–water partition coefficient (Wildman–Crippen LogP) is 1.56. The molecule has 1 aliphatic rings. The van der Waals surface area contributed by atoms with Crippen LogP contribution < -0.4 is 10.1 Å². The van der Waals surface area contributed by atoms with E-state index >= 15 is 0 Å². The van der Waals surface area contributed by atoms with Crippen LogP contribution in [0.2, 0.25) is 0 Å². The molecule has 1 saturated heterocycles. The van der Waals surface area contributed by atoms with E-state index in [9.17, 15) is 9.90 Å². The summed E-state index contributed by atoms with van der Waals surface area (Å²) in [5.41, 5.74) is 1.05. The summed E-state index contributed by atoms with van der Waals surface area (Å²) in [7, 11) is 1.58. The molecule has 4 rings (SSSR count). The molecule has 1 aromatic carbocycles. The zero-order valence-electron chi connectivity index (χ0n) is 14.3. The average molecular weight is 353 g/mol. The number of rotatable bonds is 3. The quantitative estimate of drug-likeness (QED) is 0.743. The van der Waals surface area contributed by atoms with Crippen molar-refractivity contribution in [1.29, 1.82) is 0 Å². The summed E-state index contributed by atoms with van der Waals surface area (Å²) in [6, 6.07) is 11.1. The molecule has 3 heterocycles. The number of carboxylic acid groups (broad SMARTS) is 1. The molecule has 1 amide bonds.